The summed E-state index contributed by atoms with van der Waals surface area (Å²) in [5, 5.41) is 12.6. The highest BCUT2D eigenvalue weighted by Gasteiger charge is 2.51. The molecule has 7 heteroatoms. The highest BCUT2D eigenvalue weighted by Crippen LogP contribution is 2.48. The summed E-state index contributed by atoms with van der Waals surface area (Å²) < 4.78 is 10.4. The molecule has 0 saturated heterocycles. The molecule has 1 amide bonds. The molecular weight excluding hydrogens is 334 g/mol. The van der Waals surface area contributed by atoms with E-state index in [9.17, 15) is 14.7 Å². The van der Waals surface area contributed by atoms with Crippen LogP contribution in [0.5, 0.6) is 11.5 Å². The second kappa shape index (κ2) is 6.36. The number of aliphatic carboxylic acids is 1. The van der Waals surface area contributed by atoms with Crippen molar-refractivity contribution in [1.29, 1.82) is 0 Å². The SMILES string of the molecule is COc1cc(OC)c(NC(=O)[C@@H]2[C@H](C(=O)O)[C@H]3C=C[C@H]2C3)cc1Cl. The Morgan fingerprint density at radius 2 is 1.75 bits per heavy atom. The molecular formula is C17H18ClNO5. The van der Waals surface area contributed by atoms with Crippen LogP contribution in [0, 0.1) is 23.7 Å². The summed E-state index contributed by atoms with van der Waals surface area (Å²) in [6.45, 7) is 0. The van der Waals surface area contributed by atoms with Gasteiger partial charge in [-0.05, 0) is 24.3 Å². The highest BCUT2D eigenvalue weighted by atomic mass is 35.5. The summed E-state index contributed by atoms with van der Waals surface area (Å²) in [5.41, 5.74) is 0.393. The van der Waals surface area contributed by atoms with Crippen LogP contribution in [0.4, 0.5) is 5.69 Å². The Morgan fingerprint density at radius 1 is 1.12 bits per heavy atom. The lowest BCUT2D eigenvalue weighted by Gasteiger charge is -2.24. The molecule has 2 N–H and O–H groups in total. The lowest BCUT2D eigenvalue weighted by molar-refractivity contribution is -0.146. The van der Waals surface area contributed by atoms with Crippen molar-refractivity contribution in [2.75, 3.05) is 19.5 Å². The molecule has 1 saturated carbocycles. The summed E-state index contributed by atoms with van der Waals surface area (Å²) in [6, 6.07) is 3.11. The number of anilines is 1. The number of nitrogens with one attached hydrogen (secondary N) is 1. The molecule has 1 aromatic rings. The first-order chi connectivity index (χ1) is 11.5. The number of ether oxygens (including phenoxy) is 2. The van der Waals surface area contributed by atoms with Crippen molar-refractivity contribution in [2.45, 2.75) is 6.42 Å². The van der Waals surface area contributed by atoms with E-state index in [-0.39, 0.29) is 17.7 Å². The van der Waals surface area contributed by atoms with Gasteiger partial charge in [-0.3, -0.25) is 9.59 Å². The number of hydrogen-bond donors (Lipinski definition) is 2. The second-order valence-corrected chi connectivity index (χ2v) is 6.42. The Kier molecular flexibility index (Phi) is 4.41. The fourth-order valence-corrected chi connectivity index (χ4v) is 3.93. The minimum absolute atomic E-state index is 0.0455. The smallest absolute Gasteiger partial charge is 0.307 e. The Hall–Kier alpha value is -2.21. The van der Waals surface area contributed by atoms with E-state index < -0.39 is 17.8 Å². The number of methoxy groups -OCH3 is 2. The van der Waals surface area contributed by atoms with E-state index in [1.54, 1.807) is 6.07 Å². The predicted molar refractivity (Wildman–Crippen MR) is 88.5 cm³/mol. The van der Waals surface area contributed by atoms with E-state index in [2.05, 4.69) is 5.32 Å². The van der Waals surface area contributed by atoms with Crippen molar-refractivity contribution in [3.63, 3.8) is 0 Å². The first-order valence-corrected chi connectivity index (χ1v) is 7.97. The highest BCUT2D eigenvalue weighted by molar-refractivity contribution is 6.32. The third-order valence-corrected chi connectivity index (χ3v) is 5.07. The van der Waals surface area contributed by atoms with Crippen LogP contribution in [0.25, 0.3) is 0 Å². The monoisotopic (exact) mass is 351 g/mol. The van der Waals surface area contributed by atoms with E-state index in [0.717, 1.165) is 0 Å². The molecule has 128 valence electrons. The lowest BCUT2D eigenvalue weighted by Crippen LogP contribution is -2.36. The number of halogens is 1. The third-order valence-electron chi connectivity index (χ3n) is 4.78. The number of allylic oxidation sites excluding steroid dienone is 2. The molecule has 0 aromatic heterocycles. The average molecular weight is 352 g/mol. The summed E-state index contributed by atoms with van der Waals surface area (Å²) in [6.07, 6.45) is 4.54. The van der Waals surface area contributed by atoms with Crippen LogP contribution in [-0.2, 0) is 9.59 Å². The van der Waals surface area contributed by atoms with Gasteiger partial charge in [-0.1, -0.05) is 23.8 Å². The molecule has 0 spiro atoms. The van der Waals surface area contributed by atoms with Crippen LogP contribution < -0.4 is 14.8 Å². The molecule has 0 aliphatic heterocycles. The Labute approximate surface area is 144 Å². The van der Waals surface area contributed by atoms with Crippen molar-refractivity contribution in [3.8, 4) is 11.5 Å². The third kappa shape index (κ3) is 2.71. The Morgan fingerprint density at radius 3 is 2.33 bits per heavy atom. The lowest BCUT2D eigenvalue weighted by atomic mass is 9.82. The van der Waals surface area contributed by atoms with Crippen molar-refractivity contribution >= 4 is 29.2 Å². The number of rotatable bonds is 5. The van der Waals surface area contributed by atoms with Gasteiger partial charge in [-0.25, -0.2) is 0 Å². The fourth-order valence-electron chi connectivity index (χ4n) is 3.69. The first kappa shape index (κ1) is 16.6. The van der Waals surface area contributed by atoms with Crippen molar-refractivity contribution in [1.82, 2.24) is 0 Å². The minimum Gasteiger partial charge on any atom is -0.495 e. The maximum Gasteiger partial charge on any atom is 0.307 e. The van der Waals surface area contributed by atoms with Crippen LogP contribution in [-0.4, -0.2) is 31.2 Å². The quantitative estimate of drug-likeness (QED) is 0.797. The van der Waals surface area contributed by atoms with Crippen LogP contribution in [0.1, 0.15) is 6.42 Å². The van der Waals surface area contributed by atoms with Gasteiger partial charge in [0.25, 0.3) is 0 Å². The molecule has 0 unspecified atom stereocenters. The maximum absolute atomic E-state index is 12.7. The van der Waals surface area contributed by atoms with Crippen LogP contribution in [0.15, 0.2) is 24.3 Å². The fraction of sp³-hybridized carbons (Fsp3) is 0.412. The van der Waals surface area contributed by atoms with Crippen molar-refractivity contribution in [2.24, 2.45) is 23.7 Å². The van der Waals surface area contributed by atoms with Crippen LogP contribution in [0.3, 0.4) is 0 Å². The minimum atomic E-state index is -0.938. The Balaban J connectivity index is 1.86. The number of amides is 1. The molecule has 4 atom stereocenters. The number of benzene rings is 1. The second-order valence-electron chi connectivity index (χ2n) is 6.01. The number of carboxylic acids is 1. The largest absolute Gasteiger partial charge is 0.495 e. The standard InChI is InChI=1S/C17H18ClNO5/c1-23-12-7-13(24-2)11(6-10(12)18)19-16(20)14-8-3-4-9(5-8)15(14)17(21)22/h3-4,6-9,14-15H,5H2,1-2H3,(H,19,20)(H,21,22)/t8-,9-,14-,15+/m0/s1. The summed E-state index contributed by atoms with van der Waals surface area (Å²) in [7, 11) is 2.95. The van der Waals surface area contributed by atoms with Gasteiger partial charge in [-0.2, -0.15) is 0 Å². The van der Waals surface area contributed by atoms with Gasteiger partial charge in [0.2, 0.25) is 5.91 Å². The zero-order valence-corrected chi connectivity index (χ0v) is 14.0. The number of carboxylic acid groups (broad SMARTS) is 1. The molecule has 0 heterocycles. The van der Waals surface area contributed by atoms with Gasteiger partial charge in [0, 0.05) is 6.07 Å². The molecule has 24 heavy (non-hydrogen) atoms. The van der Waals surface area contributed by atoms with Gasteiger partial charge < -0.3 is 19.9 Å². The number of carbonyl (C=O) groups is 2. The van der Waals surface area contributed by atoms with Gasteiger partial charge in [0.15, 0.2) is 0 Å². The number of carbonyl (C=O) groups excluding carboxylic acids is 1. The normalized spacial score (nSPS) is 27.1. The summed E-state index contributed by atoms with van der Waals surface area (Å²) in [4.78, 5) is 24.3. The maximum atomic E-state index is 12.7. The van der Waals surface area contributed by atoms with Crippen LogP contribution in [0.2, 0.25) is 5.02 Å². The number of fused-ring (bicyclic) bond motifs is 2. The van der Waals surface area contributed by atoms with E-state index in [0.29, 0.717) is 28.6 Å². The number of hydrogen-bond acceptors (Lipinski definition) is 4. The van der Waals surface area contributed by atoms with Crippen molar-refractivity contribution in [3.05, 3.63) is 29.3 Å². The van der Waals surface area contributed by atoms with E-state index in [1.165, 1.54) is 20.3 Å². The van der Waals surface area contributed by atoms with Gasteiger partial charge in [-0.15, -0.1) is 0 Å². The zero-order chi connectivity index (χ0) is 17.4. The summed E-state index contributed by atoms with van der Waals surface area (Å²) >= 11 is 6.11. The van der Waals surface area contributed by atoms with Gasteiger partial charge >= 0.3 is 5.97 Å². The first-order valence-electron chi connectivity index (χ1n) is 7.59. The zero-order valence-electron chi connectivity index (χ0n) is 13.3. The topological polar surface area (TPSA) is 84.9 Å². The predicted octanol–water partition coefficient (Wildman–Crippen LogP) is 2.82. The average Bonchev–Trinajstić information content (AvgIpc) is 3.16. The molecule has 1 fully saturated rings. The molecule has 0 radical (unpaired) electrons. The van der Waals surface area contributed by atoms with Crippen LogP contribution >= 0.6 is 11.6 Å². The van der Waals surface area contributed by atoms with Crippen molar-refractivity contribution < 1.29 is 24.2 Å². The van der Waals surface area contributed by atoms with E-state index in [4.69, 9.17) is 21.1 Å². The molecule has 6 nitrogen and oxygen atoms in total. The molecule has 2 aliphatic carbocycles. The molecule has 2 aliphatic rings. The Bertz CT molecular complexity index is 717. The van der Waals surface area contributed by atoms with E-state index in [1.807, 2.05) is 12.2 Å². The van der Waals surface area contributed by atoms with E-state index >= 15 is 0 Å². The molecule has 2 bridgehead atoms. The molecule has 1 aromatic carbocycles. The molecule has 3 rings (SSSR count). The van der Waals surface area contributed by atoms with Gasteiger partial charge in [0.05, 0.1) is 36.8 Å². The summed E-state index contributed by atoms with van der Waals surface area (Å²) in [5.74, 6) is -1.86. The van der Waals surface area contributed by atoms with Gasteiger partial charge in [0.1, 0.15) is 11.5 Å².